The van der Waals surface area contributed by atoms with Crippen LogP contribution in [-0.4, -0.2) is 24.2 Å². The molecule has 1 heterocycles. The lowest BCUT2D eigenvalue weighted by atomic mass is 9.89. The molecule has 0 amide bonds. The van der Waals surface area contributed by atoms with Gasteiger partial charge in [-0.15, -0.1) is 0 Å². The summed E-state index contributed by atoms with van der Waals surface area (Å²) in [6.07, 6.45) is 3.51. The molecular formula is C13H20N2O. The van der Waals surface area contributed by atoms with E-state index in [0.717, 1.165) is 36.4 Å². The zero-order chi connectivity index (χ0) is 11.5. The van der Waals surface area contributed by atoms with Gasteiger partial charge in [0.05, 0.1) is 5.69 Å². The Labute approximate surface area is 97.2 Å². The summed E-state index contributed by atoms with van der Waals surface area (Å²) >= 11 is 0. The molecule has 1 fully saturated rings. The standard InChI is InChI=1S/C13H20N2O/c1-4-12-13(6-5-9(2)15-12)16-11-7-10(8-11)14-3/h5-6,10-11,14H,4,7-8H2,1-3H3. The number of nitrogens with one attached hydrogen (secondary N) is 1. The van der Waals surface area contributed by atoms with Crippen LogP contribution in [0.3, 0.4) is 0 Å². The van der Waals surface area contributed by atoms with Gasteiger partial charge < -0.3 is 10.1 Å². The summed E-state index contributed by atoms with van der Waals surface area (Å²) in [6.45, 7) is 4.13. The molecule has 3 nitrogen and oxygen atoms in total. The van der Waals surface area contributed by atoms with Crippen LogP contribution in [0.2, 0.25) is 0 Å². The molecular weight excluding hydrogens is 200 g/mol. The highest BCUT2D eigenvalue weighted by Gasteiger charge is 2.29. The van der Waals surface area contributed by atoms with E-state index in [2.05, 4.69) is 17.2 Å². The van der Waals surface area contributed by atoms with Crippen molar-refractivity contribution in [1.29, 1.82) is 0 Å². The SMILES string of the molecule is CCc1nc(C)ccc1OC1CC(NC)C1. The predicted molar refractivity (Wildman–Crippen MR) is 64.8 cm³/mol. The highest BCUT2D eigenvalue weighted by molar-refractivity contribution is 5.29. The molecule has 0 aliphatic heterocycles. The largest absolute Gasteiger partial charge is 0.488 e. The molecule has 1 aromatic rings. The number of rotatable bonds is 4. The number of hydrogen-bond donors (Lipinski definition) is 1. The van der Waals surface area contributed by atoms with Crippen molar-refractivity contribution in [3.05, 3.63) is 23.5 Å². The van der Waals surface area contributed by atoms with E-state index in [0.29, 0.717) is 12.1 Å². The summed E-state index contributed by atoms with van der Waals surface area (Å²) in [7, 11) is 2.01. The first kappa shape index (κ1) is 11.4. The molecule has 0 atom stereocenters. The highest BCUT2D eigenvalue weighted by Crippen LogP contribution is 2.27. The third kappa shape index (κ3) is 2.35. The minimum absolute atomic E-state index is 0.368. The summed E-state index contributed by atoms with van der Waals surface area (Å²) in [5.41, 5.74) is 2.14. The van der Waals surface area contributed by atoms with Gasteiger partial charge in [-0.3, -0.25) is 4.98 Å². The van der Waals surface area contributed by atoms with Gasteiger partial charge in [-0.05, 0) is 45.4 Å². The zero-order valence-electron chi connectivity index (χ0n) is 10.3. The van der Waals surface area contributed by atoms with E-state index >= 15 is 0 Å². The van der Waals surface area contributed by atoms with Crippen LogP contribution in [0.1, 0.15) is 31.2 Å². The van der Waals surface area contributed by atoms with E-state index in [-0.39, 0.29) is 0 Å². The maximum Gasteiger partial charge on any atom is 0.141 e. The maximum atomic E-state index is 5.96. The molecule has 0 spiro atoms. The molecule has 0 unspecified atom stereocenters. The Bertz CT molecular complexity index is 359. The average molecular weight is 220 g/mol. The van der Waals surface area contributed by atoms with Crippen molar-refractivity contribution in [2.24, 2.45) is 0 Å². The van der Waals surface area contributed by atoms with E-state index < -0.39 is 0 Å². The van der Waals surface area contributed by atoms with E-state index in [1.54, 1.807) is 0 Å². The van der Waals surface area contributed by atoms with Crippen molar-refractivity contribution in [2.75, 3.05) is 7.05 Å². The number of pyridine rings is 1. The molecule has 88 valence electrons. The molecule has 1 saturated carbocycles. The average Bonchev–Trinajstić information content (AvgIpc) is 2.24. The molecule has 1 aliphatic rings. The van der Waals surface area contributed by atoms with Crippen LogP contribution in [0.4, 0.5) is 0 Å². The van der Waals surface area contributed by atoms with Crippen LogP contribution in [0.15, 0.2) is 12.1 Å². The molecule has 0 saturated heterocycles. The topological polar surface area (TPSA) is 34.1 Å². The fraction of sp³-hybridized carbons (Fsp3) is 0.615. The Morgan fingerprint density at radius 2 is 2.19 bits per heavy atom. The van der Waals surface area contributed by atoms with Gasteiger partial charge in [-0.1, -0.05) is 6.92 Å². The van der Waals surface area contributed by atoms with E-state index in [1.807, 2.05) is 26.1 Å². The summed E-state index contributed by atoms with van der Waals surface area (Å²) < 4.78 is 5.96. The third-order valence-corrected chi connectivity index (χ3v) is 3.20. The number of aryl methyl sites for hydroxylation is 2. The van der Waals surface area contributed by atoms with Crippen LogP contribution in [0, 0.1) is 6.92 Å². The van der Waals surface area contributed by atoms with Gasteiger partial charge in [0.25, 0.3) is 0 Å². The number of nitrogens with zero attached hydrogens (tertiary/aromatic N) is 1. The Hall–Kier alpha value is -1.09. The fourth-order valence-corrected chi connectivity index (χ4v) is 2.04. The van der Waals surface area contributed by atoms with Crippen LogP contribution < -0.4 is 10.1 Å². The van der Waals surface area contributed by atoms with Crippen LogP contribution in [-0.2, 0) is 6.42 Å². The van der Waals surface area contributed by atoms with Crippen molar-refractivity contribution in [1.82, 2.24) is 10.3 Å². The van der Waals surface area contributed by atoms with Gasteiger partial charge in [0.1, 0.15) is 11.9 Å². The lowest BCUT2D eigenvalue weighted by Gasteiger charge is -2.35. The minimum atomic E-state index is 0.368. The van der Waals surface area contributed by atoms with Gasteiger partial charge in [-0.2, -0.15) is 0 Å². The lowest BCUT2D eigenvalue weighted by molar-refractivity contribution is 0.0870. The number of aromatic nitrogens is 1. The van der Waals surface area contributed by atoms with Crippen LogP contribution in [0.25, 0.3) is 0 Å². The van der Waals surface area contributed by atoms with Crippen molar-refractivity contribution < 1.29 is 4.74 Å². The summed E-state index contributed by atoms with van der Waals surface area (Å²) in [5, 5.41) is 3.26. The quantitative estimate of drug-likeness (QED) is 0.843. The second-order valence-corrected chi connectivity index (χ2v) is 4.45. The molecule has 16 heavy (non-hydrogen) atoms. The summed E-state index contributed by atoms with van der Waals surface area (Å²) in [4.78, 5) is 4.50. The maximum absolute atomic E-state index is 5.96. The van der Waals surface area contributed by atoms with E-state index in [9.17, 15) is 0 Å². The molecule has 1 aromatic heterocycles. The molecule has 0 aromatic carbocycles. The summed E-state index contributed by atoms with van der Waals surface area (Å²) in [6, 6.07) is 4.70. The van der Waals surface area contributed by atoms with Crippen molar-refractivity contribution >= 4 is 0 Å². The second kappa shape index (κ2) is 4.83. The monoisotopic (exact) mass is 220 g/mol. The number of hydrogen-bond acceptors (Lipinski definition) is 3. The van der Waals surface area contributed by atoms with Crippen LogP contribution in [0.5, 0.6) is 5.75 Å². The molecule has 0 radical (unpaired) electrons. The first-order chi connectivity index (χ1) is 7.72. The van der Waals surface area contributed by atoms with Gasteiger partial charge in [0.15, 0.2) is 0 Å². The van der Waals surface area contributed by atoms with Crippen LogP contribution >= 0.6 is 0 Å². The normalized spacial score (nSPS) is 23.9. The Kier molecular flexibility index (Phi) is 3.44. The predicted octanol–water partition coefficient (Wildman–Crippen LogP) is 2.08. The van der Waals surface area contributed by atoms with E-state index in [4.69, 9.17) is 4.74 Å². The molecule has 1 aliphatic carbocycles. The Morgan fingerprint density at radius 1 is 1.44 bits per heavy atom. The molecule has 1 N–H and O–H groups in total. The van der Waals surface area contributed by atoms with Crippen molar-refractivity contribution in [3.8, 4) is 5.75 Å². The first-order valence-electron chi connectivity index (χ1n) is 6.03. The second-order valence-electron chi connectivity index (χ2n) is 4.45. The molecule has 3 heteroatoms. The summed E-state index contributed by atoms with van der Waals surface area (Å²) in [5.74, 6) is 0.965. The van der Waals surface area contributed by atoms with Gasteiger partial charge in [-0.25, -0.2) is 0 Å². The van der Waals surface area contributed by atoms with Crippen molar-refractivity contribution in [2.45, 2.75) is 45.3 Å². The number of ether oxygens (including phenoxy) is 1. The smallest absolute Gasteiger partial charge is 0.141 e. The Morgan fingerprint density at radius 3 is 2.81 bits per heavy atom. The van der Waals surface area contributed by atoms with Gasteiger partial charge >= 0.3 is 0 Å². The lowest BCUT2D eigenvalue weighted by Crippen LogP contribution is -2.45. The van der Waals surface area contributed by atoms with Crippen molar-refractivity contribution in [3.63, 3.8) is 0 Å². The van der Waals surface area contributed by atoms with Gasteiger partial charge in [0.2, 0.25) is 0 Å². The first-order valence-corrected chi connectivity index (χ1v) is 6.03. The molecule has 0 bridgehead atoms. The van der Waals surface area contributed by atoms with Gasteiger partial charge in [0, 0.05) is 11.7 Å². The zero-order valence-corrected chi connectivity index (χ0v) is 10.3. The van der Waals surface area contributed by atoms with E-state index in [1.165, 1.54) is 0 Å². The molecule has 2 rings (SSSR count). The Balaban J connectivity index is 1.99. The highest BCUT2D eigenvalue weighted by atomic mass is 16.5. The minimum Gasteiger partial charge on any atom is -0.488 e. The fourth-order valence-electron chi connectivity index (χ4n) is 2.04. The third-order valence-electron chi connectivity index (χ3n) is 3.20.